The van der Waals surface area contributed by atoms with Gasteiger partial charge in [-0.05, 0) is 31.5 Å². The van der Waals surface area contributed by atoms with E-state index in [9.17, 15) is 14.0 Å². The van der Waals surface area contributed by atoms with E-state index in [0.717, 1.165) is 12.1 Å². The molecule has 0 fully saturated rings. The van der Waals surface area contributed by atoms with Crippen molar-refractivity contribution in [2.75, 3.05) is 5.32 Å². The Labute approximate surface area is 104 Å². The second-order valence-electron chi connectivity index (χ2n) is 4.06. The molecule has 0 saturated heterocycles. The van der Waals surface area contributed by atoms with Crippen molar-refractivity contribution < 1.29 is 19.1 Å². The van der Waals surface area contributed by atoms with Crippen LogP contribution >= 0.6 is 0 Å². The van der Waals surface area contributed by atoms with Gasteiger partial charge in [-0.15, -0.1) is 0 Å². The molecule has 1 rings (SSSR count). The Hall–Kier alpha value is -1.95. The second kappa shape index (κ2) is 6.11. The van der Waals surface area contributed by atoms with Gasteiger partial charge in [0.15, 0.2) is 0 Å². The number of anilines is 1. The molecule has 0 radical (unpaired) electrons. The van der Waals surface area contributed by atoms with Crippen LogP contribution in [0.25, 0.3) is 0 Å². The van der Waals surface area contributed by atoms with E-state index >= 15 is 0 Å². The quantitative estimate of drug-likeness (QED) is 0.744. The number of halogens is 1. The maximum absolute atomic E-state index is 12.9. The van der Waals surface area contributed by atoms with E-state index in [1.54, 1.807) is 6.92 Å². The molecule has 0 aliphatic rings. The third-order valence-electron chi connectivity index (χ3n) is 2.31. The van der Waals surface area contributed by atoms with E-state index in [4.69, 9.17) is 10.8 Å². The van der Waals surface area contributed by atoms with Gasteiger partial charge in [-0.3, -0.25) is 4.79 Å². The first-order chi connectivity index (χ1) is 8.40. The van der Waals surface area contributed by atoms with Crippen LogP contribution in [0, 0.1) is 5.82 Å². The van der Waals surface area contributed by atoms with Crippen molar-refractivity contribution in [3.8, 4) is 0 Å². The van der Waals surface area contributed by atoms with Crippen LogP contribution in [0.5, 0.6) is 0 Å². The van der Waals surface area contributed by atoms with Crippen molar-refractivity contribution in [2.24, 2.45) is 5.73 Å². The van der Waals surface area contributed by atoms with Crippen LogP contribution in [-0.4, -0.2) is 23.0 Å². The van der Waals surface area contributed by atoms with Crippen molar-refractivity contribution in [1.29, 1.82) is 0 Å². The molecule has 0 saturated carbocycles. The normalized spacial score (nSPS) is 11.9. The molecule has 1 amide bonds. The summed E-state index contributed by atoms with van der Waals surface area (Å²) in [6, 6.07) is 3.07. The second-order valence-corrected chi connectivity index (χ2v) is 4.06. The molecule has 0 aliphatic carbocycles. The zero-order valence-corrected chi connectivity index (χ0v) is 9.94. The molecule has 0 bridgehead atoms. The molecular weight excluding hydrogens is 239 g/mol. The lowest BCUT2D eigenvalue weighted by Gasteiger charge is -2.09. The minimum atomic E-state index is -1.29. The van der Waals surface area contributed by atoms with E-state index in [1.165, 1.54) is 6.07 Å². The first kappa shape index (κ1) is 14.1. The Balaban J connectivity index is 2.78. The molecular formula is C12H15FN2O3. The van der Waals surface area contributed by atoms with Gasteiger partial charge in [0.05, 0.1) is 11.3 Å². The molecule has 0 spiro atoms. The number of hydrogen-bond acceptors (Lipinski definition) is 3. The van der Waals surface area contributed by atoms with Crippen molar-refractivity contribution in [3.63, 3.8) is 0 Å². The molecule has 1 aromatic carbocycles. The number of carbonyl (C=O) groups is 2. The monoisotopic (exact) mass is 254 g/mol. The molecule has 6 heteroatoms. The van der Waals surface area contributed by atoms with Crippen LogP contribution in [0.4, 0.5) is 10.1 Å². The van der Waals surface area contributed by atoms with Crippen molar-refractivity contribution in [2.45, 2.75) is 25.8 Å². The molecule has 4 N–H and O–H groups in total. The van der Waals surface area contributed by atoms with E-state index in [-0.39, 0.29) is 29.6 Å². The highest BCUT2D eigenvalue weighted by molar-refractivity contribution is 6.00. The Bertz CT molecular complexity index is 461. The summed E-state index contributed by atoms with van der Waals surface area (Å²) in [5, 5.41) is 11.3. The number of benzene rings is 1. The Morgan fingerprint density at radius 3 is 2.72 bits per heavy atom. The van der Waals surface area contributed by atoms with Gasteiger partial charge in [0.1, 0.15) is 5.82 Å². The maximum atomic E-state index is 12.9. The molecule has 0 aliphatic heterocycles. The number of aromatic carboxylic acids is 1. The van der Waals surface area contributed by atoms with Gasteiger partial charge in [0, 0.05) is 12.5 Å². The molecule has 0 aromatic heterocycles. The summed E-state index contributed by atoms with van der Waals surface area (Å²) in [5.74, 6) is -2.31. The zero-order valence-electron chi connectivity index (χ0n) is 9.94. The largest absolute Gasteiger partial charge is 0.478 e. The van der Waals surface area contributed by atoms with Gasteiger partial charge < -0.3 is 16.2 Å². The fraction of sp³-hybridized carbons (Fsp3) is 0.333. The van der Waals surface area contributed by atoms with E-state index < -0.39 is 11.8 Å². The van der Waals surface area contributed by atoms with Gasteiger partial charge in [-0.1, -0.05) is 0 Å². The first-order valence-corrected chi connectivity index (χ1v) is 5.48. The Kier molecular flexibility index (Phi) is 4.79. The Morgan fingerprint density at radius 1 is 1.50 bits per heavy atom. The molecule has 18 heavy (non-hydrogen) atoms. The summed E-state index contributed by atoms with van der Waals surface area (Å²) >= 11 is 0. The van der Waals surface area contributed by atoms with Crippen LogP contribution < -0.4 is 11.1 Å². The van der Waals surface area contributed by atoms with Crippen LogP contribution in [0.1, 0.15) is 30.1 Å². The van der Waals surface area contributed by atoms with Gasteiger partial charge in [-0.2, -0.15) is 0 Å². The highest BCUT2D eigenvalue weighted by Crippen LogP contribution is 2.17. The van der Waals surface area contributed by atoms with E-state index in [2.05, 4.69) is 5.32 Å². The van der Waals surface area contributed by atoms with Gasteiger partial charge in [0.25, 0.3) is 0 Å². The lowest BCUT2D eigenvalue weighted by Crippen LogP contribution is -2.20. The van der Waals surface area contributed by atoms with Crippen LogP contribution in [0.15, 0.2) is 18.2 Å². The number of nitrogens with one attached hydrogen (secondary N) is 1. The van der Waals surface area contributed by atoms with Gasteiger partial charge >= 0.3 is 5.97 Å². The van der Waals surface area contributed by atoms with E-state index in [0.29, 0.717) is 6.42 Å². The third-order valence-corrected chi connectivity index (χ3v) is 2.31. The average molecular weight is 254 g/mol. The summed E-state index contributed by atoms with van der Waals surface area (Å²) in [6.07, 6.45) is 0.684. The lowest BCUT2D eigenvalue weighted by molar-refractivity contribution is -0.116. The zero-order chi connectivity index (χ0) is 13.7. The third kappa shape index (κ3) is 4.14. The smallest absolute Gasteiger partial charge is 0.337 e. The number of carboxylic acids is 1. The number of rotatable bonds is 5. The number of carbonyl (C=O) groups excluding carboxylic acids is 1. The standard InChI is InChI=1S/C12H15FN2O3/c1-7(14)2-5-11(16)15-10-4-3-8(13)6-9(10)12(17)18/h3-4,6-7H,2,5,14H2,1H3,(H,15,16)(H,17,18). The van der Waals surface area contributed by atoms with Crippen molar-refractivity contribution in [1.82, 2.24) is 0 Å². The number of nitrogens with two attached hydrogens (primary N) is 1. The lowest BCUT2D eigenvalue weighted by atomic mass is 10.1. The molecule has 1 unspecified atom stereocenters. The summed E-state index contributed by atoms with van der Waals surface area (Å²) in [4.78, 5) is 22.4. The fourth-order valence-corrected chi connectivity index (χ4v) is 1.37. The molecule has 0 heterocycles. The number of hydrogen-bond donors (Lipinski definition) is 3. The fourth-order valence-electron chi connectivity index (χ4n) is 1.37. The predicted molar refractivity (Wildman–Crippen MR) is 64.9 cm³/mol. The summed E-state index contributed by atoms with van der Waals surface area (Å²) in [5.41, 5.74) is 5.32. The summed E-state index contributed by atoms with van der Waals surface area (Å²) in [6.45, 7) is 1.77. The minimum absolute atomic E-state index is 0.0820. The van der Waals surface area contributed by atoms with Crippen molar-refractivity contribution in [3.05, 3.63) is 29.6 Å². The minimum Gasteiger partial charge on any atom is -0.478 e. The first-order valence-electron chi connectivity index (χ1n) is 5.48. The average Bonchev–Trinajstić information content (AvgIpc) is 2.28. The number of carboxylic acid groups (broad SMARTS) is 1. The van der Waals surface area contributed by atoms with Gasteiger partial charge in [0.2, 0.25) is 5.91 Å². The highest BCUT2D eigenvalue weighted by Gasteiger charge is 2.13. The molecule has 1 aromatic rings. The van der Waals surface area contributed by atoms with Crippen molar-refractivity contribution >= 4 is 17.6 Å². The van der Waals surface area contributed by atoms with Gasteiger partial charge in [-0.25, -0.2) is 9.18 Å². The molecule has 1 atom stereocenters. The number of amides is 1. The van der Waals surface area contributed by atoms with Crippen LogP contribution in [-0.2, 0) is 4.79 Å². The van der Waals surface area contributed by atoms with E-state index in [1.807, 2.05) is 0 Å². The van der Waals surface area contributed by atoms with Crippen LogP contribution in [0.3, 0.4) is 0 Å². The summed E-state index contributed by atoms with van der Waals surface area (Å²) in [7, 11) is 0. The topological polar surface area (TPSA) is 92.4 Å². The SMILES string of the molecule is CC(N)CCC(=O)Nc1ccc(F)cc1C(=O)O. The molecule has 5 nitrogen and oxygen atoms in total. The predicted octanol–water partition coefficient (Wildman–Crippen LogP) is 1.59. The maximum Gasteiger partial charge on any atom is 0.337 e. The van der Waals surface area contributed by atoms with Crippen LogP contribution in [0.2, 0.25) is 0 Å². The highest BCUT2D eigenvalue weighted by atomic mass is 19.1. The Morgan fingerprint density at radius 2 is 2.17 bits per heavy atom. The summed E-state index contributed by atoms with van der Waals surface area (Å²) < 4.78 is 12.9. The molecule has 98 valence electrons.